The maximum atomic E-state index is 12.9. The fourth-order valence-corrected chi connectivity index (χ4v) is 4.10. The minimum atomic E-state index is 0.0401. The molecule has 0 unspecified atom stereocenters. The molecule has 3 aromatic rings. The van der Waals surface area contributed by atoms with Crippen LogP contribution in [0.15, 0.2) is 67.1 Å². The molecule has 1 saturated heterocycles. The van der Waals surface area contributed by atoms with Gasteiger partial charge in [0.2, 0.25) is 5.95 Å². The Morgan fingerprint density at radius 3 is 2.65 bits per heavy atom. The number of amides is 1. The van der Waals surface area contributed by atoms with Gasteiger partial charge in [0.05, 0.1) is 5.69 Å². The number of nitrogens with one attached hydrogen (secondary N) is 1. The zero-order valence-electron chi connectivity index (χ0n) is 18.8. The van der Waals surface area contributed by atoms with E-state index in [1.54, 1.807) is 12.5 Å². The van der Waals surface area contributed by atoms with Gasteiger partial charge in [0.25, 0.3) is 5.91 Å². The van der Waals surface area contributed by atoms with Crippen molar-refractivity contribution in [2.75, 3.05) is 50.2 Å². The normalized spacial score (nSPS) is 16.2. The van der Waals surface area contributed by atoms with E-state index in [-0.39, 0.29) is 5.91 Å². The van der Waals surface area contributed by atoms with Crippen LogP contribution in [0.3, 0.4) is 0 Å². The Bertz CT molecular complexity index is 1210. The molecular formula is C25H25ClN6O2. The smallest absolute Gasteiger partial charge is 0.254 e. The van der Waals surface area contributed by atoms with Crippen LogP contribution in [0.1, 0.15) is 16.1 Å². The van der Waals surface area contributed by atoms with Crippen molar-refractivity contribution in [3.63, 3.8) is 0 Å². The van der Waals surface area contributed by atoms with E-state index in [1.165, 1.54) is 0 Å². The van der Waals surface area contributed by atoms with Crippen LogP contribution in [-0.2, 0) is 4.74 Å². The zero-order valence-corrected chi connectivity index (χ0v) is 19.6. The number of likely N-dealkylation sites (N-methyl/N-ethyl adjacent to an activating group) is 1. The second kappa shape index (κ2) is 9.70. The number of anilines is 3. The Balaban J connectivity index is 1.32. The summed E-state index contributed by atoms with van der Waals surface area (Å²) < 4.78 is 5.58. The van der Waals surface area contributed by atoms with Crippen LogP contribution in [0.5, 0.6) is 0 Å². The second-order valence-electron chi connectivity index (χ2n) is 8.27. The molecule has 9 heteroatoms. The topological polar surface area (TPSA) is 73.8 Å². The number of rotatable bonds is 5. The first kappa shape index (κ1) is 22.2. The first-order valence-corrected chi connectivity index (χ1v) is 11.5. The summed E-state index contributed by atoms with van der Waals surface area (Å²) in [5.74, 6) is 0.476. The van der Waals surface area contributed by atoms with Gasteiger partial charge < -0.3 is 24.8 Å². The van der Waals surface area contributed by atoms with Gasteiger partial charge >= 0.3 is 0 Å². The molecule has 3 heterocycles. The van der Waals surface area contributed by atoms with Gasteiger partial charge in [0.1, 0.15) is 12.0 Å². The molecule has 34 heavy (non-hydrogen) atoms. The molecule has 0 radical (unpaired) electrons. The Morgan fingerprint density at radius 2 is 1.85 bits per heavy atom. The van der Waals surface area contributed by atoms with Crippen molar-refractivity contribution in [2.45, 2.75) is 0 Å². The molecule has 1 fully saturated rings. The van der Waals surface area contributed by atoms with Crippen LogP contribution < -0.4 is 10.2 Å². The molecule has 174 valence electrons. The highest BCUT2D eigenvalue weighted by atomic mass is 35.5. The first-order valence-electron chi connectivity index (χ1n) is 11.1. The number of carbonyl (C=O) groups is 1. The summed E-state index contributed by atoms with van der Waals surface area (Å²) in [5, 5.41) is 3.91. The largest absolute Gasteiger partial charge is 0.478 e. The highest BCUT2D eigenvalue weighted by Gasteiger charge is 2.22. The summed E-state index contributed by atoms with van der Waals surface area (Å²) >= 11 is 6.03. The van der Waals surface area contributed by atoms with Crippen LogP contribution >= 0.6 is 11.6 Å². The molecule has 0 aliphatic carbocycles. The van der Waals surface area contributed by atoms with E-state index in [9.17, 15) is 4.79 Å². The summed E-state index contributed by atoms with van der Waals surface area (Å²) in [6, 6.07) is 16.8. The van der Waals surface area contributed by atoms with E-state index in [4.69, 9.17) is 16.3 Å². The SMILES string of the molecule is CN1CCN(C(=O)c2cccc(Nc3nccc(C4=COCN4c4ccc(Cl)cc4)n3)c2)CC1. The van der Waals surface area contributed by atoms with Gasteiger partial charge in [-0.25, -0.2) is 9.97 Å². The lowest BCUT2D eigenvalue weighted by atomic mass is 10.1. The highest BCUT2D eigenvalue weighted by molar-refractivity contribution is 6.30. The van der Waals surface area contributed by atoms with Crippen molar-refractivity contribution in [2.24, 2.45) is 0 Å². The minimum Gasteiger partial charge on any atom is -0.478 e. The fourth-order valence-electron chi connectivity index (χ4n) is 3.97. The molecule has 5 rings (SSSR count). The van der Waals surface area contributed by atoms with Gasteiger partial charge in [-0.2, -0.15) is 0 Å². The zero-order chi connectivity index (χ0) is 23.5. The summed E-state index contributed by atoms with van der Waals surface area (Å²) in [4.78, 5) is 28.1. The maximum absolute atomic E-state index is 12.9. The molecular weight excluding hydrogens is 452 g/mol. The average molecular weight is 477 g/mol. The van der Waals surface area contributed by atoms with Crippen LogP contribution in [0, 0.1) is 0 Å². The van der Waals surface area contributed by atoms with E-state index in [1.807, 2.05) is 64.4 Å². The van der Waals surface area contributed by atoms with Crippen molar-refractivity contribution in [1.29, 1.82) is 0 Å². The maximum Gasteiger partial charge on any atom is 0.254 e. The minimum absolute atomic E-state index is 0.0401. The lowest BCUT2D eigenvalue weighted by Crippen LogP contribution is -2.47. The van der Waals surface area contributed by atoms with Crippen LogP contribution in [0.2, 0.25) is 5.02 Å². The predicted molar refractivity (Wildman–Crippen MR) is 133 cm³/mol. The molecule has 1 amide bonds. The molecule has 2 aromatic carbocycles. The van der Waals surface area contributed by atoms with E-state index < -0.39 is 0 Å². The molecule has 1 N–H and O–H groups in total. The third kappa shape index (κ3) is 4.83. The summed E-state index contributed by atoms with van der Waals surface area (Å²) in [6.45, 7) is 3.63. The van der Waals surface area contributed by atoms with E-state index >= 15 is 0 Å². The van der Waals surface area contributed by atoms with E-state index in [2.05, 4.69) is 27.2 Å². The Labute approximate surface area is 203 Å². The van der Waals surface area contributed by atoms with Gasteiger partial charge in [0, 0.05) is 54.3 Å². The van der Waals surface area contributed by atoms with Crippen LogP contribution in [0.25, 0.3) is 5.70 Å². The lowest BCUT2D eigenvalue weighted by molar-refractivity contribution is 0.0664. The lowest BCUT2D eigenvalue weighted by Gasteiger charge is -2.32. The number of benzene rings is 2. The molecule has 8 nitrogen and oxygen atoms in total. The van der Waals surface area contributed by atoms with E-state index in [0.717, 1.165) is 48.9 Å². The Kier molecular flexibility index (Phi) is 6.33. The van der Waals surface area contributed by atoms with E-state index in [0.29, 0.717) is 23.3 Å². The predicted octanol–water partition coefficient (Wildman–Crippen LogP) is 4.05. The Hall–Kier alpha value is -3.62. The first-order chi connectivity index (χ1) is 16.6. The average Bonchev–Trinajstić information content (AvgIpc) is 3.35. The van der Waals surface area contributed by atoms with Crippen LogP contribution in [-0.4, -0.2) is 65.6 Å². The highest BCUT2D eigenvalue weighted by Crippen LogP contribution is 2.30. The number of halogens is 1. The number of hydrogen-bond donors (Lipinski definition) is 1. The molecule has 0 spiro atoms. The fraction of sp³-hybridized carbons (Fsp3) is 0.240. The number of nitrogens with zero attached hydrogens (tertiary/aromatic N) is 5. The van der Waals surface area contributed by atoms with Crippen molar-refractivity contribution in [3.05, 3.63) is 83.3 Å². The van der Waals surface area contributed by atoms with Gasteiger partial charge in [-0.15, -0.1) is 0 Å². The van der Waals surface area contributed by atoms with Gasteiger partial charge in [-0.1, -0.05) is 17.7 Å². The third-order valence-corrected chi connectivity index (χ3v) is 6.15. The molecule has 0 bridgehead atoms. The third-order valence-electron chi connectivity index (χ3n) is 5.90. The van der Waals surface area contributed by atoms with Crippen molar-refractivity contribution >= 4 is 40.5 Å². The van der Waals surface area contributed by atoms with Gasteiger partial charge in [0.15, 0.2) is 6.73 Å². The number of ether oxygens (including phenoxy) is 1. The van der Waals surface area contributed by atoms with Crippen molar-refractivity contribution < 1.29 is 9.53 Å². The number of hydrogen-bond acceptors (Lipinski definition) is 7. The van der Waals surface area contributed by atoms with Crippen molar-refractivity contribution in [1.82, 2.24) is 19.8 Å². The van der Waals surface area contributed by atoms with Crippen LogP contribution in [0.4, 0.5) is 17.3 Å². The van der Waals surface area contributed by atoms with Crippen molar-refractivity contribution in [3.8, 4) is 0 Å². The summed E-state index contributed by atoms with van der Waals surface area (Å²) in [5.41, 5.74) is 3.90. The number of carbonyl (C=O) groups excluding carboxylic acids is 1. The second-order valence-corrected chi connectivity index (χ2v) is 8.71. The standard InChI is InChI=1S/C25H25ClN6O2/c1-30-11-13-31(14-12-30)24(33)18-3-2-4-20(15-18)28-25-27-10-9-22(29-25)23-16-34-17-32(23)21-7-5-19(26)6-8-21/h2-10,15-16H,11-14,17H2,1H3,(H,27,28,29). The Morgan fingerprint density at radius 1 is 1.06 bits per heavy atom. The number of aromatic nitrogens is 2. The van der Waals surface area contributed by atoms with Gasteiger partial charge in [-0.3, -0.25) is 4.79 Å². The quantitative estimate of drug-likeness (QED) is 0.595. The molecule has 2 aliphatic heterocycles. The van der Waals surface area contributed by atoms with Gasteiger partial charge in [-0.05, 0) is 55.6 Å². The summed E-state index contributed by atoms with van der Waals surface area (Å²) in [7, 11) is 2.07. The molecule has 1 aromatic heterocycles. The molecule has 2 aliphatic rings. The monoisotopic (exact) mass is 476 g/mol. The summed E-state index contributed by atoms with van der Waals surface area (Å²) in [6.07, 6.45) is 3.39. The number of piperazine rings is 1. The molecule has 0 saturated carbocycles. The molecule has 0 atom stereocenters.